The SMILES string of the molecule is O=C(NC1CCNC1)c1nn(-c2cccc(Br)c2)c2c1CCCC2. The van der Waals surface area contributed by atoms with Crippen LogP contribution in [0, 0.1) is 0 Å². The predicted molar refractivity (Wildman–Crippen MR) is 96.6 cm³/mol. The van der Waals surface area contributed by atoms with Gasteiger partial charge in [-0.25, -0.2) is 4.68 Å². The van der Waals surface area contributed by atoms with Crippen LogP contribution in [-0.2, 0) is 12.8 Å². The average molecular weight is 389 g/mol. The van der Waals surface area contributed by atoms with Crippen LogP contribution < -0.4 is 10.6 Å². The van der Waals surface area contributed by atoms with Gasteiger partial charge in [-0.05, 0) is 56.8 Å². The van der Waals surface area contributed by atoms with Crippen molar-refractivity contribution in [2.45, 2.75) is 38.1 Å². The summed E-state index contributed by atoms with van der Waals surface area (Å²) in [6, 6.07) is 8.30. The summed E-state index contributed by atoms with van der Waals surface area (Å²) in [5.74, 6) is -0.0319. The molecule has 1 fully saturated rings. The summed E-state index contributed by atoms with van der Waals surface area (Å²) in [6.07, 6.45) is 5.19. The molecule has 1 aliphatic carbocycles. The molecule has 1 aromatic carbocycles. The van der Waals surface area contributed by atoms with Gasteiger partial charge in [-0.1, -0.05) is 22.0 Å². The van der Waals surface area contributed by atoms with Gasteiger partial charge in [0.2, 0.25) is 0 Å². The van der Waals surface area contributed by atoms with Crippen LogP contribution in [0.4, 0.5) is 0 Å². The molecule has 2 aromatic rings. The Morgan fingerprint density at radius 2 is 2.21 bits per heavy atom. The summed E-state index contributed by atoms with van der Waals surface area (Å²) >= 11 is 3.52. The first-order chi connectivity index (χ1) is 11.7. The predicted octanol–water partition coefficient (Wildman–Crippen LogP) is 2.61. The van der Waals surface area contributed by atoms with Crippen LogP contribution in [0.25, 0.3) is 5.69 Å². The van der Waals surface area contributed by atoms with Crippen molar-refractivity contribution in [3.8, 4) is 5.69 Å². The average Bonchev–Trinajstić information content (AvgIpc) is 3.22. The lowest BCUT2D eigenvalue weighted by Crippen LogP contribution is -2.37. The molecule has 0 bridgehead atoms. The molecule has 1 unspecified atom stereocenters. The first-order valence-corrected chi connectivity index (χ1v) is 9.40. The van der Waals surface area contributed by atoms with Gasteiger partial charge in [0.25, 0.3) is 5.91 Å². The van der Waals surface area contributed by atoms with Crippen molar-refractivity contribution in [2.24, 2.45) is 0 Å². The summed E-state index contributed by atoms with van der Waals surface area (Å²) in [7, 11) is 0. The summed E-state index contributed by atoms with van der Waals surface area (Å²) in [4.78, 5) is 12.8. The maximum atomic E-state index is 12.8. The molecule has 5 nitrogen and oxygen atoms in total. The Morgan fingerprint density at radius 3 is 3.00 bits per heavy atom. The molecule has 0 radical (unpaired) electrons. The number of aromatic nitrogens is 2. The normalized spacial score (nSPS) is 20.0. The Morgan fingerprint density at radius 1 is 1.33 bits per heavy atom. The van der Waals surface area contributed by atoms with Gasteiger partial charge in [0, 0.05) is 28.3 Å². The van der Waals surface area contributed by atoms with Gasteiger partial charge in [0.15, 0.2) is 5.69 Å². The smallest absolute Gasteiger partial charge is 0.272 e. The van der Waals surface area contributed by atoms with Crippen LogP contribution >= 0.6 is 15.9 Å². The van der Waals surface area contributed by atoms with E-state index in [1.54, 1.807) is 0 Å². The van der Waals surface area contributed by atoms with E-state index < -0.39 is 0 Å². The third-order valence-corrected chi connectivity index (χ3v) is 5.34. The maximum absolute atomic E-state index is 12.8. The zero-order valence-corrected chi connectivity index (χ0v) is 15.1. The lowest BCUT2D eigenvalue weighted by Gasteiger charge is -2.15. The molecule has 0 spiro atoms. The number of carbonyl (C=O) groups is 1. The van der Waals surface area contributed by atoms with E-state index >= 15 is 0 Å². The van der Waals surface area contributed by atoms with Crippen molar-refractivity contribution in [3.05, 3.63) is 45.7 Å². The van der Waals surface area contributed by atoms with Crippen molar-refractivity contribution in [1.82, 2.24) is 20.4 Å². The monoisotopic (exact) mass is 388 g/mol. The molecule has 1 atom stereocenters. The van der Waals surface area contributed by atoms with Gasteiger partial charge in [-0.2, -0.15) is 5.10 Å². The highest BCUT2D eigenvalue weighted by molar-refractivity contribution is 9.10. The largest absolute Gasteiger partial charge is 0.347 e. The molecule has 4 rings (SSSR count). The fourth-order valence-corrected chi connectivity index (χ4v) is 4.02. The van der Waals surface area contributed by atoms with Crippen molar-refractivity contribution in [3.63, 3.8) is 0 Å². The van der Waals surface area contributed by atoms with E-state index in [4.69, 9.17) is 5.10 Å². The molecule has 1 aromatic heterocycles. The topological polar surface area (TPSA) is 59.0 Å². The molecule has 24 heavy (non-hydrogen) atoms. The summed E-state index contributed by atoms with van der Waals surface area (Å²) in [5.41, 5.74) is 3.93. The van der Waals surface area contributed by atoms with Gasteiger partial charge in [-0.15, -0.1) is 0 Å². The van der Waals surface area contributed by atoms with Crippen molar-refractivity contribution < 1.29 is 4.79 Å². The van der Waals surface area contributed by atoms with Gasteiger partial charge >= 0.3 is 0 Å². The highest BCUT2D eigenvalue weighted by Crippen LogP contribution is 2.28. The highest BCUT2D eigenvalue weighted by atomic mass is 79.9. The molecule has 1 saturated heterocycles. The van der Waals surface area contributed by atoms with Crippen molar-refractivity contribution in [2.75, 3.05) is 13.1 Å². The second-order valence-corrected chi connectivity index (χ2v) is 7.45. The van der Waals surface area contributed by atoms with Gasteiger partial charge in [0.1, 0.15) is 0 Å². The minimum absolute atomic E-state index is 0.0319. The molecular weight excluding hydrogens is 368 g/mol. The van der Waals surface area contributed by atoms with Crippen LogP contribution in [0.1, 0.15) is 41.0 Å². The Labute approximate surface area is 149 Å². The Balaban J connectivity index is 1.70. The molecule has 1 aliphatic heterocycles. The van der Waals surface area contributed by atoms with E-state index in [1.807, 2.05) is 28.9 Å². The fourth-order valence-electron chi connectivity index (χ4n) is 3.63. The van der Waals surface area contributed by atoms with E-state index in [1.165, 1.54) is 5.69 Å². The summed E-state index contributed by atoms with van der Waals surface area (Å²) < 4.78 is 2.98. The fraction of sp³-hybridized carbons (Fsp3) is 0.444. The molecule has 2 heterocycles. The quantitative estimate of drug-likeness (QED) is 0.849. The molecular formula is C18H21BrN4O. The maximum Gasteiger partial charge on any atom is 0.272 e. The van der Waals surface area contributed by atoms with Gasteiger partial charge in [0.05, 0.1) is 5.69 Å². The number of amides is 1. The molecule has 2 aliphatic rings. The molecule has 2 N–H and O–H groups in total. The Bertz CT molecular complexity index is 764. The number of benzene rings is 1. The number of fused-ring (bicyclic) bond motifs is 1. The van der Waals surface area contributed by atoms with E-state index in [-0.39, 0.29) is 11.9 Å². The van der Waals surface area contributed by atoms with Gasteiger partial charge < -0.3 is 10.6 Å². The Hall–Kier alpha value is -1.66. The second kappa shape index (κ2) is 6.69. The lowest BCUT2D eigenvalue weighted by atomic mass is 9.95. The second-order valence-electron chi connectivity index (χ2n) is 6.54. The zero-order valence-electron chi connectivity index (χ0n) is 13.5. The van der Waals surface area contributed by atoms with Crippen LogP contribution in [0.3, 0.4) is 0 Å². The summed E-state index contributed by atoms with van der Waals surface area (Å²) in [5, 5.41) is 11.1. The third kappa shape index (κ3) is 3.00. The van der Waals surface area contributed by atoms with Gasteiger partial charge in [-0.3, -0.25) is 4.79 Å². The molecule has 126 valence electrons. The highest BCUT2D eigenvalue weighted by Gasteiger charge is 2.27. The van der Waals surface area contributed by atoms with Crippen molar-refractivity contribution >= 4 is 21.8 Å². The molecule has 0 saturated carbocycles. The summed E-state index contributed by atoms with van der Waals surface area (Å²) in [6.45, 7) is 1.82. The van der Waals surface area contributed by atoms with Crippen molar-refractivity contribution in [1.29, 1.82) is 0 Å². The number of carbonyl (C=O) groups excluding carboxylic acids is 1. The molecule has 6 heteroatoms. The third-order valence-electron chi connectivity index (χ3n) is 4.84. The zero-order chi connectivity index (χ0) is 16.5. The van der Waals surface area contributed by atoms with Crippen LogP contribution in [0.15, 0.2) is 28.7 Å². The Kier molecular flexibility index (Phi) is 4.41. The van der Waals surface area contributed by atoms with E-state index in [0.29, 0.717) is 5.69 Å². The molecule has 1 amide bonds. The number of hydrogen-bond donors (Lipinski definition) is 2. The number of nitrogens with one attached hydrogen (secondary N) is 2. The van der Waals surface area contributed by atoms with E-state index in [2.05, 4.69) is 26.6 Å². The minimum atomic E-state index is -0.0319. The van der Waals surface area contributed by atoms with E-state index in [9.17, 15) is 4.79 Å². The van der Waals surface area contributed by atoms with E-state index in [0.717, 1.165) is 60.9 Å². The standard InChI is InChI=1S/C18H21BrN4O/c19-12-4-3-5-14(10-12)23-16-7-2-1-6-15(16)17(22-23)18(24)21-13-8-9-20-11-13/h3-5,10,13,20H,1-2,6-9,11H2,(H,21,24). The minimum Gasteiger partial charge on any atom is -0.347 e. The number of rotatable bonds is 3. The van der Waals surface area contributed by atoms with Crippen LogP contribution in [-0.4, -0.2) is 34.8 Å². The van der Waals surface area contributed by atoms with Crippen LogP contribution in [0.2, 0.25) is 0 Å². The lowest BCUT2D eigenvalue weighted by molar-refractivity contribution is 0.0933. The first-order valence-electron chi connectivity index (χ1n) is 8.60. The van der Waals surface area contributed by atoms with Crippen LogP contribution in [0.5, 0.6) is 0 Å². The number of nitrogens with zero attached hydrogens (tertiary/aromatic N) is 2. The first kappa shape index (κ1) is 15.8. The number of halogens is 1. The number of hydrogen-bond acceptors (Lipinski definition) is 3.